The van der Waals surface area contributed by atoms with Crippen molar-refractivity contribution in [1.82, 2.24) is 9.80 Å². The van der Waals surface area contributed by atoms with Crippen LogP contribution < -0.4 is 0 Å². The number of piperazine rings is 1. The molecule has 0 spiro atoms. The number of hydrogen-bond acceptors (Lipinski definition) is 2. The molecule has 1 saturated heterocycles. The summed E-state index contributed by atoms with van der Waals surface area (Å²) in [5.41, 5.74) is 0.762. The molecule has 1 aromatic carbocycles. The molecule has 0 unspecified atom stereocenters. The molecule has 0 aromatic heterocycles. The molecule has 1 aliphatic heterocycles. The van der Waals surface area contributed by atoms with Gasteiger partial charge in [-0.1, -0.05) is 24.1 Å². The number of benzene rings is 1. The molecule has 1 heterocycles. The van der Waals surface area contributed by atoms with Gasteiger partial charge in [0.1, 0.15) is 0 Å². The van der Waals surface area contributed by atoms with E-state index in [9.17, 15) is 4.79 Å². The first-order valence-corrected chi connectivity index (χ1v) is 5.81. The first-order valence-electron chi connectivity index (χ1n) is 5.81. The predicted molar refractivity (Wildman–Crippen MR) is 67.6 cm³/mol. The van der Waals surface area contributed by atoms with Crippen LogP contribution in [0.4, 0.5) is 0 Å². The highest BCUT2D eigenvalue weighted by Gasteiger charge is 2.21. The zero-order chi connectivity index (χ0) is 12.1. The van der Waals surface area contributed by atoms with Gasteiger partial charge in [-0.25, -0.2) is 0 Å². The molecule has 1 aromatic rings. The molecule has 0 bridgehead atoms. The number of nitrogens with zero attached hydrogens (tertiary/aromatic N) is 2. The number of hydrogen-bond donors (Lipinski definition) is 0. The van der Waals surface area contributed by atoms with Crippen LogP contribution in [-0.4, -0.2) is 48.4 Å². The number of carbonyl (C=O) groups excluding carboxylic acids is 1. The normalized spacial score (nSPS) is 16.5. The van der Waals surface area contributed by atoms with Crippen LogP contribution in [0, 0.1) is 12.3 Å². The van der Waals surface area contributed by atoms with Crippen LogP contribution in [0.3, 0.4) is 0 Å². The monoisotopic (exact) mass is 228 g/mol. The molecule has 1 fully saturated rings. The van der Waals surface area contributed by atoms with E-state index in [1.165, 1.54) is 0 Å². The Balaban J connectivity index is 1.93. The Morgan fingerprint density at radius 2 is 1.82 bits per heavy atom. The Labute approximate surface area is 102 Å². The van der Waals surface area contributed by atoms with Crippen LogP contribution in [0.25, 0.3) is 0 Å². The average Bonchev–Trinajstić information content (AvgIpc) is 2.40. The fourth-order valence-corrected chi connectivity index (χ4v) is 2.00. The molecular formula is C14H16N2O. The van der Waals surface area contributed by atoms with Crippen molar-refractivity contribution >= 4 is 5.91 Å². The molecule has 1 aliphatic rings. The molecular weight excluding hydrogens is 212 g/mol. The quantitative estimate of drug-likeness (QED) is 0.707. The molecule has 0 N–H and O–H groups in total. The van der Waals surface area contributed by atoms with E-state index in [0.717, 1.165) is 31.7 Å². The van der Waals surface area contributed by atoms with Gasteiger partial charge in [-0.2, -0.15) is 0 Å². The summed E-state index contributed by atoms with van der Waals surface area (Å²) in [7, 11) is 0. The smallest absolute Gasteiger partial charge is 0.253 e. The predicted octanol–water partition coefficient (Wildman–Crippen LogP) is 1.08. The van der Waals surface area contributed by atoms with Crippen LogP contribution in [0.1, 0.15) is 10.4 Å². The minimum absolute atomic E-state index is 0.117. The molecule has 2 rings (SSSR count). The van der Waals surface area contributed by atoms with Crippen molar-refractivity contribution in [3.63, 3.8) is 0 Å². The lowest BCUT2D eigenvalue weighted by Crippen LogP contribution is -2.48. The molecule has 17 heavy (non-hydrogen) atoms. The molecule has 0 atom stereocenters. The summed E-state index contributed by atoms with van der Waals surface area (Å²) in [5, 5.41) is 0. The van der Waals surface area contributed by atoms with Gasteiger partial charge in [0, 0.05) is 31.7 Å². The Hall–Kier alpha value is -1.79. The van der Waals surface area contributed by atoms with Crippen LogP contribution in [-0.2, 0) is 0 Å². The van der Waals surface area contributed by atoms with Gasteiger partial charge in [-0.15, -0.1) is 6.42 Å². The van der Waals surface area contributed by atoms with Gasteiger partial charge < -0.3 is 4.90 Å². The van der Waals surface area contributed by atoms with Crippen molar-refractivity contribution in [3.8, 4) is 12.3 Å². The zero-order valence-electron chi connectivity index (χ0n) is 9.80. The lowest BCUT2D eigenvalue weighted by atomic mass is 10.2. The number of amides is 1. The van der Waals surface area contributed by atoms with E-state index in [4.69, 9.17) is 6.42 Å². The van der Waals surface area contributed by atoms with Gasteiger partial charge in [-0.3, -0.25) is 9.69 Å². The number of terminal acetylenes is 1. The van der Waals surface area contributed by atoms with Crippen LogP contribution >= 0.6 is 0 Å². The molecule has 0 saturated carbocycles. The van der Waals surface area contributed by atoms with Crippen LogP contribution in [0.2, 0.25) is 0 Å². The highest BCUT2D eigenvalue weighted by atomic mass is 16.2. The van der Waals surface area contributed by atoms with Gasteiger partial charge >= 0.3 is 0 Å². The Kier molecular flexibility index (Phi) is 3.79. The van der Waals surface area contributed by atoms with E-state index < -0.39 is 0 Å². The van der Waals surface area contributed by atoms with Crippen LogP contribution in [0.15, 0.2) is 30.3 Å². The number of carbonyl (C=O) groups is 1. The topological polar surface area (TPSA) is 23.6 Å². The maximum absolute atomic E-state index is 12.1. The fraction of sp³-hybridized carbons (Fsp3) is 0.357. The number of rotatable bonds is 2. The minimum Gasteiger partial charge on any atom is -0.336 e. The highest BCUT2D eigenvalue weighted by molar-refractivity contribution is 5.94. The van der Waals surface area contributed by atoms with Gasteiger partial charge in [0.25, 0.3) is 5.91 Å². The SMILES string of the molecule is C#CCN1CCN(C(=O)c2ccccc2)CC1. The minimum atomic E-state index is 0.117. The van der Waals surface area contributed by atoms with Crippen molar-refractivity contribution in [2.24, 2.45) is 0 Å². The Bertz CT molecular complexity index is 414. The van der Waals surface area contributed by atoms with E-state index in [-0.39, 0.29) is 5.91 Å². The largest absolute Gasteiger partial charge is 0.336 e. The van der Waals surface area contributed by atoms with E-state index in [1.54, 1.807) is 0 Å². The lowest BCUT2D eigenvalue weighted by molar-refractivity contribution is 0.0652. The summed E-state index contributed by atoms with van der Waals surface area (Å²) in [6, 6.07) is 9.41. The van der Waals surface area contributed by atoms with E-state index in [2.05, 4.69) is 10.8 Å². The van der Waals surface area contributed by atoms with Gasteiger partial charge in [0.15, 0.2) is 0 Å². The Morgan fingerprint density at radius 1 is 1.18 bits per heavy atom. The lowest BCUT2D eigenvalue weighted by Gasteiger charge is -2.33. The van der Waals surface area contributed by atoms with E-state index in [1.807, 2.05) is 35.2 Å². The average molecular weight is 228 g/mol. The summed E-state index contributed by atoms with van der Waals surface area (Å²) in [6.45, 7) is 3.92. The van der Waals surface area contributed by atoms with E-state index in [0.29, 0.717) is 6.54 Å². The van der Waals surface area contributed by atoms with Crippen molar-refractivity contribution < 1.29 is 4.79 Å². The summed E-state index contributed by atoms with van der Waals surface area (Å²) in [6.07, 6.45) is 5.27. The fourth-order valence-electron chi connectivity index (χ4n) is 2.00. The van der Waals surface area contributed by atoms with Crippen molar-refractivity contribution in [1.29, 1.82) is 0 Å². The third-order valence-corrected chi connectivity index (χ3v) is 3.00. The molecule has 0 radical (unpaired) electrons. The van der Waals surface area contributed by atoms with Crippen molar-refractivity contribution in [2.45, 2.75) is 0 Å². The second-order valence-electron chi connectivity index (χ2n) is 4.14. The molecule has 88 valence electrons. The molecule has 1 amide bonds. The third-order valence-electron chi connectivity index (χ3n) is 3.00. The molecule has 3 nitrogen and oxygen atoms in total. The second-order valence-corrected chi connectivity index (χ2v) is 4.14. The molecule has 3 heteroatoms. The van der Waals surface area contributed by atoms with E-state index >= 15 is 0 Å². The summed E-state index contributed by atoms with van der Waals surface area (Å²) >= 11 is 0. The van der Waals surface area contributed by atoms with Crippen molar-refractivity contribution in [3.05, 3.63) is 35.9 Å². The van der Waals surface area contributed by atoms with Crippen molar-refractivity contribution in [2.75, 3.05) is 32.7 Å². The molecule has 0 aliphatic carbocycles. The maximum atomic E-state index is 12.1. The Morgan fingerprint density at radius 3 is 2.41 bits per heavy atom. The van der Waals surface area contributed by atoms with Gasteiger partial charge in [-0.05, 0) is 12.1 Å². The standard InChI is InChI=1S/C14H16N2O/c1-2-8-15-9-11-16(12-10-15)14(17)13-6-4-3-5-7-13/h1,3-7H,8-12H2. The summed E-state index contributed by atoms with van der Waals surface area (Å²) < 4.78 is 0. The first-order chi connectivity index (χ1) is 8.31. The van der Waals surface area contributed by atoms with Gasteiger partial charge in [0.05, 0.1) is 6.54 Å². The van der Waals surface area contributed by atoms with Gasteiger partial charge in [0.2, 0.25) is 0 Å². The second kappa shape index (κ2) is 5.51. The zero-order valence-corrected chi connectivity index (χ0v) is 9.80. The van der Waals surface area contributed by atoms with Crippen LogP contribution in [0.5, 0.6) is 0 Å². The maximum Gasteiger partial charge on any atom is 0.253 e. The highest BCUT2D eigenvalue weighted by Crippen LogP contribution is 2.08. The summed E-state index contributed by atoms with van der Waals surface area (Å²) in [4.78, 5) is 16.2. The third kappa shape index (κ3) is 2.86. The summed E-state index contributed by atoms with van der Waals surface area (Å²) in [5.74, 6) is 2.75. The first kappa shape index (κ1) is 11.7.